The number of rotatable bonds is 3. The van der Waals surface area contributed by atoms with Crippen LogP contribution in [0.3, 0.4) is 0 Å². The molecule has 5 rings (SSSR count). The van der Waals surface area contributed by atoms with Crippen molar-refractivity contribution >= 4 is 35.8 Å². The highest BCUT2D eigenvalue weighted by Crippen LogP contribution is 2.60. The summed E-state index contributed by atoms with van der Waals surface area (Å²) >= 11 is 0. The van der Waals surface area contributed by atoms with Crippen LogP contribution in [-0.4, -0.2) is 79.2 Å². The molecule has 206 valence electrons. The number of aromatic hydroxyl groups is 1. The summed E-state index contributed by atoms with van der Waals surface area (Å²) in [6.45, 7) is 0. The Bertz CT molecular complexity index is 1350. The van der Waals surface area contributed by atoms with Crippen LogP contribution in [0.2, 0.25) is 0 Å². The number of ether oxygens (including phenoxy) is 4. The highest BCUT2D eigenvalue weighted by Gasteiger charge is 2.64. The number of phenolic OH excluding ortho intramolecular Hbond substituents is 1. The molecule has 0 radical (unpaired) electrons. The molecule has 2 aliphatic heterocycles. The number of allylic oxidation sites excluding steroid dienone is 2. The van der Waals surface area contributed by atoms with E-state index in [-0.39, 0.29) is 35.7 Å². The molecule has 13 nitrogen and oxygen atoms in total. The third kappa shape index (κ3) is 3.59. The van der Waals surface area contributed by atoms with Crippen molar-refractivity contribution in [2.75, 3.05) is 28.4 Å². The minimum absolute atomic E-state index is 0.0422. The Morgan fingerprint density at radius 2 is 1.38 bits per heavy atom. The summed E-state index contributed by atoms with van der Waals surface area (Å²) in [5.74, 6) is -8.83. The van der Waals surface area contributed by atoms with Crippen molar-refractivity contribution in [1.82, 2.24) is 9.80 Å². The fourth-order valence-electron chi connectivity index (χ4n) is 6.64. The van der Waals surface area contributed by atoms with E-state index >= 15 is 0 Å². The van der Waals surface area contributed by atoms with Gasteiger partial charge in [0.1, 0.15) is 17.2 Å². The second-order valence-electron chi connectivity index (χ2n) is 9.75. The van der Waals surface area contributed by atoms with E-state index in [9.17, 15) is 33.9 Å². The van der Waals surface area contributed by atoms with Gasteiger partial charge in [0, 0.05) is 23.6 Å². The highest BCUT2D eigenvalue weighted by molar-refractivity contribution is 6.17. The molecule has 1 aromatic rings. The summed E-state index contributed by atoms with van der Waals surface area (Å²) in [6.07, 6.45) is -0.516. The van der Waals surface area contributed by atoms with Gasteiger partial charge in [0.2, 0.25) is 23.6 Å². The lowest BCUT2D eigenvalue weighted by Gasteiger charge is -2.44. The summed E-state index contributed by atoms with van der Waals surface area (Å²) in [6, 6.07) is 2.83. The Balaban J connectivity index is 1.70. The summed E-state index contributed by atoms with van der Waals surface area (Å²) < 4.78 is 20.1. The number of carbonyl (C=O) groups excluding carboxylic acids is 6. The molecular formula is C26H26N2O11. The number of amides is 6. The van der Waals surface area contributed by atoms with Crippen LogP contribution in [0.4, 0.5) is 9.59 Å². The molecule has 3 fully saturated rings. The summed E-state index contributed by atoms with van der Waals surface area (Å²) in [5.41, 5.74) is 0.689. The monoisotopic (exact) mass is 542 g/mol. The van der Waals surface area contributed by atoms with E-state index in [0.29, 0.717) is 15.4 Å². The lowest BCUT2D eigenvalue weighted by atomic mass is 9.57. The van der Waals surface area contributed by atoms with Gasteiger partial charge in [-0.2, -0.15) is 9.80 Å². The number of likely N-dealkylation sites (tertiary alicyclic amines) is 2. The average Bonchev–Trinajstić information content (AvgIpc) is 3.34. The van der Waals surface area contributed by atoms with Crippen LogP contribution in [0.15, 0.2) is 23.8 Å². The van der Waals surface area contributed by atoms with E-state index in [2.05, 4.69) is 9.47 Å². The number of fused-ring (bicyclic) bond motifs is 4. The molecule has 1 aromatic carbocycles. The van der Waals surface area contributed by atoms with E-state index in [0.717, 1.165) is 14.2 Å². The Morgan fingerprint density at radius 1 is 0.795 bits per heavy atom. The number of nitrogens with zero attached hydrogens (tertiary/aromatic N) is 2. The van der Waals surface area contributed by atoms with Gasteiger partial charge in [-0.25, -0.2) is 9.59 Å². The molecule has 4 aliphatic rings. The first-order valence-electron chi connectivity index (χ1n) is 12.2. The van der Waals surface area contributed by atoms with Crippen molar-refractivity contribution in [3.05, 3.63) is 29.3 Å². The Kier molecular flexibility index (Phi) is 6.31. The standard InChI is InChI=1S/C26H26N2O11/c1-36-10-7-15(29)20(16(8-10)37-2)18-11-5-6-12-17(23(32)27(21(12)30)25(34)38-3)13(11)9-14-19(18)24(33)28(22(14)31)26(35)39-4/h5,7-8,12-14,17-19,29H,6,9H2,1-4H3/t12-,13+,14+,17-,18-,19+/m0/s1. The fourth-order valence-corrected chi connectivity index (χ4v) is 6.64. The number of benzene rings is 1. The smallest absolute Gasteiger partial charge is 0.423 e. The molecule has 0 spiro atoms. The molecule has 13 heteroatoms. The van der Waals surface area contributed by atoms with Gasteiger partial charge in [-0.05, 0) is 18.8 Å². The lowest BCUT2D eigenvalue weighted by molar-refractivity contribution is -0.139. The van der Waals surface area contributed by atoms with Crippen LogP contribution in [0.1, 0.15) is 24.3 Å². The topological polar surface area (TPSA) is 166 Å². The number of hydrogen-bond donors (Lipinski definition) is 1. The van der Waals surface area contributed by atoms with E-state index < -0.39 is 71.3 Å². The summed E-state index contributed by atoms with van der Waals surface area (Å²) in [7, 11) is 4.85. The molecule has 39 heavy (non-hydrogen) atoms. The van der Waals surface area contributed by atoms with Gasteiger partial charge in [-0.15, -0.1) is 0 Å². The zero-order valence-corrected chi connectivity index (χ0v) is 21.5. The first-order valence-corrected chi connectivity index (χ1v) is 12.2. The van der Waals surface area contributed by atoms with Gasteiger partial charge in [-0.1, -0.05) is 11.6 Å². The van der Waals surface area contributed by atoms with Crippen molar-refractivity contribution in [1.29, 1.82) is 0 Å². The van der Waals surface area contributed by atoms with Crippen LogP contribution < -0.4 is 9.47 Å². The Labute approximate surface area is 222 Å². The molecule has 6 amide bonds. The van der Waals surface area contributed by atoms with Crippen LogP contribution in [-0.2, 0) is 28.7 Å². The first kappa shape index (κ1) is 26.2. The average molecular weight is 542 g/mol. The van der Waals surface area contributed by atoms with E-state index in [1.165, 1.54) is 26.4 Å². The van der Waals surface area contributed by atoms with Gasteiger partial charge in [-0.3, -0.25) is 19.2 Å². The quantitative estimate of drug-likeness (QED) is 0.435. The highest BCUT2D eigenvalue weighted by atomic mass is 16.6. The fraction of sp³-hybridized carbons (Fsp3) is 0.462. The molecule has 2 heterocycles. The molecule has 0 unspecified atom stereocenters. The molecule has 6 atom stereocenters. The predicted molar refractivity (Wildman–Crippen MR) is 127 cm³/mol. The van der Waals surface area contributed by atoms with Gasteiger partial charge in [0.15, 0.2) is 0 Å². The second kappa shape index (κ2) is 9.40. The van der Waals surface area contributed by atoms with Crippen molar-refractivity contribution in [3.63, 3.8) is 0 Å². The van der Waals surface area contributed by atoms with E-state index in [4.69, 9.17) is 9.47 Å². The maximum absolute atomic E-state index is 13.6. The molecule has 1 saturated carbocycles. The third-order valence-electron chi connectivity index (χ3n) is 8.22. The van der Waals surface area contributed by atoms with Crippen molar-refractivity contribution in [2.45, 2.75) is 18.8 Å². The van der Waals surface area contributed by atoms with Crippen LogP contribution >= 0.6 is 0 Å². The van der Waals surface area contributed by atoms with E-state index in [1.807, 2.05) is 0 Å². The van der Waals surface area contributed by atoms with Crippen LogP contribution in [0, 0.1) is 29.6 Å². The van der Waals surface area contributed by atoms with Crippen molar-refractivity contribution in [2.24, 2.45) is 29.6 Å². The number of imide groups is 6. The van der Waals surface area contributed by atoms with Gasteiger partial charge < -0.3 is 24.1 Å². The molecule has 2 saturated heterocycles. The SMILES string of the molecule is COC(=O)N1C(=O)[C@H]2[C@H](CC=C3[C@H]2C[C@H]2C(=O)N(C(=O)OC)C(=O)[C@H]2[C@H]3c2c(O)cc(OC)cc2OC)C1=O. The van der Waals surface area contributed by atoms with Crippen molar-refractivity contribution in [3.8, 4) is 17.2 Å². The van der Waals surface area contributed by atoms with Crippen LogP contribution in [0.5, 0.6) is 17.2 Å². The maximum atomic E-state index is 13.6. The summed E-state index contributed by atoms with van der Waals surface area (Å²) in [4.78, 5) is 79.1. The zero-order valence-electron chi connectivity index (χ0n) is 21.5. The number of hydrogen-bond acceptors (Lipinski definition) is 11. The minimum atomic E-state index is -1.15. The number of methoxy groups -OCH3 is 4. The molecular weight excluding hydrogens is 516 g/mol. The Morgan fingerprint density at radius 3 is 1.95 bits per heavy atom. The number of carbonyl (C=O) groups is 6. The molecule has 0 aromatic heterocycles. The normalized spacial score (nSPS) is 29.4. The second-order valence-corrected chi connectivity index (χ2v) is 9.75. The van der Waals surface area contributed by atoms with Crippen LogP contribution in [0.25, 0.3) is 0 Å². The summed E-state index contributed by atoms with van der Waals surface area (Å²) in [5, 5.41) is 11.1. The minimum Gasteiger partial charge on any atom is -0.507 e. The third-order valence-corrected chi connectivity index (χ3v) is 8.22. The first-order chi connectivity index (χ1) is 18.6. The zero-order chi connectivity index (χ0) is 28.3. The maximum Gasteiger partial charge on any atom is 0.423 e. The molecule has 2 aliphatic carbocycles. The molecule has 0 bridgehead atoms. The van der Waals surface area contributed by atoms with Crippen molar-refractivity contribution < 1.29 is 52.8 Å². The predicted octanol–water partition coefficient (Wildman–Crippen LogP) is 1.58. The Hall–Kier alpha value is -4.42. The lowest BCUT2D eigenvalue weighted by Crippen LogP contribution is -2.43. The largest absolute Gasteiger partial charge is 0.507 e. The van der Waals surface area contributed by atoms with Gasteiger partial charge in [0.25, 0.3) is 0 Å². The number of phenols is 1. The van der Waals surface area contributed by atoms with Gasteiger partial charge in [0.05, 0.1) is 52.1 Å². The van der Waals surface area contributed by atoms with Gasteiger partial charge >= 0.3 is 12.2 Å². The molecule has 1 N–H and O–H groups in total. The van der Waals surface area contributed by atoms with E-state index in [1.54, 1.807) is 6.08 Å².